The normalized spacial score (nSPS) is 10.2. The fraction of sp³-hybridized carbons (Fsp3) is 0.143. The van der Waals surface area contributed by atoms with E-state index < -0.39 is 0 Å². The fourth-order valence-electron chi connectivity index (χ4n) is 1.71. The number of hydrogen-bond donors (Lipinski definition) is 1. The predicted molar refractivity (Wildman–Crippen MR) is 78.4 cm³/mol. The predicted octanol–water partition coefficient (Wildman–Crippen LogP) is 3.33. The minimum absolute atomic E-state index is 0.243. The minimum Gasteiger partial charge on any atom is -0.496 e. The highest BCUT2D eigenvalue weighted by atomic mass is 35.5. The van der Waals surface area contributed by atoms with Crippen LogP contribution in [0, 0.1) is 0 Å². The molecule has 2 rings (SSSR count). The molecular formula is C14H12Cl2N2O2. The molecule has 0 fully saturated rings. The number of halogens is 2. The largest absolute Gasteiger partial charge is 0.496 e. The molecule has 6 heteroatoms. The number of ether oxygens (including phenoxy) is 1. The zero-order chi connectivity index (χ0) is 14.5. The zero-order valence-electron chi connectivity index (χ0n) is 10.7. The Hall–Kier alpha value is -1.78. The number of nitrogens with one attached hydrogen (secondary N) is 1. The van der Waals surface area contributed by atoms with Crippen LogP contribution < -0.4 is 10.1 Å². The van der Waals surface area contributed by atoms with Gasteiger partial charge in [-0.1, -0.05) is 29.3 Å². The SMILES string of the molecule is COc1cccc(Cl)c1CNC(=O)c1cnccc1Cl. The van der Waals surface area contributed by atoms with Gasteiger partial charge in [0.2, 0.25) is 0 Å². The first kappa shape index (κ1) is 14.6. The van der Waals surface area contributed by atoms with E-state index >= 15 is 0 Å². The lowest BCUT2D eigenvalue weighted by molar-refractivity contribution is 0.0950. The van der Waals surface area contributed by atoms with Gasteiger partial charge in [0.05, 0.1) is 17.7 Å². The van der Waals surface area contributed by atoms with Crippen molar-refractivity contribution in [3.05, 3.63) is 57.8 Å². The van der Waals surface area contributed by atoms with Crippen molar-refractivity contribution in [3.63, 3.8) is 0 Å². The van der Waals surface area contributed by atoms with Crippen LogP contribution >= 0.6 is 23.2 Å². The van der Waals surface area contributed by atoms with Crippen molar-refractivity contribution in [1.29, 1.82) is 0 Å². The van der Waals surface area contributed by atoms with Gasteiger partial charge in [-0.05, 0) is 18.2 Å². The first-order chi connectivity index (χ1) is 9.63. The molecule has 1 aromatic carbocycles. The quantitative estimate of drug-likeness (QED) is 0.942. The molecule has 0 saturated carbocycles. The number of carbonyl (C=O) groups is 1. The van der Waals surface area contributed by atoms with Crippen LogP contribution in [0.1, 0.15) is 15.9 Å². The number of benzene rings is 1. The third-order valence-corrected chi connectivity index (χ3v) is 3.42. The first-order valence-electron chi connectivity index (χ1n) is 5.82. The highest BCUT2D eigenvalue weighted by molar-refractivity contribution is 6.33. The number of pyridine rings is 1. The van der Waals surface area contributed by atoms with Gasteiger partial charge in [0.15, 0.2) is 0 Å². The van der Waals surface area contributed by atoms with Crippen molar-refractivity contribution in [2.24, 2.45) is 0 Å². The van der Waals surface area contributed by atoms with Crippen LogP contribution in [0.15, 0.2) is 36.7 Å². The summed E-state index contributed by atoms with van der Waals surface area (Å²) in [5.74, 6) is 0.306. The lowest BCUT2D eigenvalue weighted by Gasteiger charge is -2.11. The van der Waals surface area contributed by atoms with Gasteiger partial charge < -0.3 is 10.1 Å². The van der Waals surface area contributed by atoms with Gasteiger partial charge in [-0.3, -0.25) is 9.78 Å². The fourth-order valence-corrected chi connectivity index (χ4v) is 2.13. The Morgan fingerprint density at radius 2 is 2.10 bits per heavy atom. The van der Waals surface area contributed by atoms with E-state index in [2.05, 4.69) is 10.3 Å². The lowest BCUT2D eigenvalue weighted by Crippen LogP contribution is -2.23. The Kier molecular flexibility index (Phi) is 4.82. The molecule has 104 valence electrons. The summed E-state index contributed by atoms with van der Waals surface area (Å²) >= 11 is 12.0. The standard InChI is InChI=1S/C14H12Cl2N2O2/c1-20-13-4-2-3-11(15)9(13)8-18-14(19)10-7-17-6-5-12(10)16/h2-7H,8H2,1H3,(H,18,19). The number of nitrogens with zero attached hydrogens (tertiary/aromatic N) is 1. The van der Waals surface area contributed by atoms with Crippen molar-refractivity contribution in [2.45, 2.75) is 6.54 Å². The van der Waals surface area contributed by atoms with Gasteiger partial charge in [-0.15, -0.1) is 0 Å². The summed E-state index contributed by atoms with van der Waals surface area (Å²) < 4.78 is 5.21. The molecule has 0 unspecified atom stereocenters. The average Bonchev–Trinajstić information content (AvgIpc) is 2.46. The Balaban J connectivity index is 2.14. The summed E-state index contributed by atoms with van der Waals surface area (Å²) in [5, 5.41) is 3.62. The lowest BCUT2D eigenvalue weighted by atomic mass is 10.2. The van der Waals surface area contributed by atoms with E-state index in [1.165, 1.54) is 12.4 Å². The molecule has 1 N–H and O–H groups in total. The number of hydrogen-bond acceptors (Lipinski definition) is 3. The third kappa shape index (κ3) is 3.21. The van der Waals surface area contributed by atoms with Crippen molar-refractivity contribution in [1.82, 2.24) is 10.3 Å². The van der Waals surface area contributed by atoms with Crippen molar-refractivity contribution in [3.8, 4) is 5.75 Å². The van der Waals surface area contributed by atoms with E-state index in [1.807, 2.05) is 0 Å². The summed E-state index contributed by atoms with van der Waals surface area (Å²) in [6, 6.07) is 6.87. The van der Waals surface area contributed by atoms with Gasteiger partial charge in [0.25, 0.3) is 5.91 Å². The maximum atomic E-state index is 12.0. The molecular weight excluding hydrogens is 299 g/mol. The van der Waals surface area contributed by atoms with E-state index in [9.17, 15) is 4.79 Å². The van der Waals surface area contributed by atoms with Crippen LogP contribution in [0.25, 0.3) is 0 Å². The second kappa shape index (κ2) is 6.59. The van der Waals surface area contributed by atoms with Gasteiger partial charge in [0, 0.05) is 29.5 Å². The second-order valence-corrected chi connectivity index (χ2v) is 4.77. The Bertz CT molecular complexity index is 632. The number of rotatable bonds is 4. The van der Waals surface area contributed by atoms with Gasteiger partial charge >= 0.3 is 0 Å². The summed E-state index contributed by atoms with van der Waals surface area (Å²) in [7, 11) is 1.55. The van der Waals surface area contributed by atoms with E-state index in [-0.39, 0.29) is 12.5 Å². The zero-order valence-corrected chi connectivity index (χ0v) is 12.2. The molecule has 1 aromatic heterocycles. The topological polar surface area (TPSA) is 51.2 Å². The highest BCUT2D eigenvalue weighted by Crippen LogP contribution is 2.26. The summed E-state index contributed by atoms with van der Waals surface area (Å²) in [6.07, 6.45) is 2.94. The van der Waals surface area contributed by atoms with Gasteiger partial charge in [-0.25, -0.2) is 0 Å². The van der Waals surface area contributed by atoms with E-state index in [4.69, 9.17) is 27.9 Å². The van der Waals surface area contributed by atoms with Gasteiger partial charge in [0.1, 0.15) is 5.75 Å². The molecule has 20 heavy (non-hydrogen) atoms. The Morgan fingerprint density at radius 1 is 1.30 bits per heavy atom. The molecule has 0 aliphatic carbocycles. The van der Waals surface area contributed by atoms with Crippen LogP contribution in [0.5, 0.6) is 5.75 Å². The molecule has 0 aliphatic rings. The summed E-state index contributed by atoms with van der Waals surface area (Å²) in [6.45, 7) is 0.243. The van der Waals surface area contributed by atoms with Crippen LogP contribution in [0.2, 0.25) is 10.0 Å². The molecule has 0 saturated heterocycles. The summed E-state index contributed by atoms with van der Waals surface area (Å²) in [4.78, 5) is 15.9. The molecule has 2 aromatic rings. The monoisotopic (exact) mass is 310 g/mol. The highest BCUT2D eigenvalue weighted by Gasteiger charge is 2.12. The van der Waals surface area contributed by atoms with E-state index in [0.29, 0.717) is 26.9 Å². The second-order valence-electron chi connectivity index (χ2n) is 3.96. The molecule has 1 heterocycles. The van der Waals surface area contributed by atoms with E-state index in [1.54, 1.807) is 31.4 Å². The number of carbonyl (C=O) groups excluding carboxylic acids is 1. The van der Waals surface area contributed by atoms with Crippen LogP contribution in [0.3, 0.4) is 0 Å². The maximum absolute atomic E-state index is 12.0. The van der Waals surface area contributed by atoms with Crippen LogP contribution in [-0.4, -0.2) is 18.0 Å². The minimum atomic E-state index is -0.315. The molecule has 0 spiro atoms. The Labute approximate surface area is 126 Å². The number of amides is 1. The molecule has 0 aliphatic heterocycles. The Morgan fingerprint density at radius 3 is 2.80 bits per heavy atom. The molecule has 0 bridgehead atoms. The van der Waals surface area contributed by atoms with Crippen molar-refractivity contribution >= 4 is 29.1 Å². The number of methoxy groups -OCH3 is 1. The van der Waals surface area contributed by atoms with Crippen LogP contribution in [-0.2, 0) is 6.54 Å². The van der Waals surface area contributed by atoms with Crippen molar-refractivity contribution in [2.75, 3.05) is 7.11 Å². The maximum Gasteiger partial charge on any atom is 0.254 e. The van der Waals surface area contributed by atoms with E-state index in [0.717, 1.165) is 0 Å². The van der Waals surface area contributed by atoms with Crippen LogP contribution in [0.4, 0.5) is 0 Å². The number of aromatic nitrogens is 1. The average molecular weight is 311 g/mol. The smallest absolute Gasteiger partial charge is 0.254 e. The van der Waals surface area contributed by atoms with Gasteiger partial charge in [-0.2, -0.15) is 0 Å². The molecule has 0 radical (unpaired) electrons. The molecule has 0 atom stereocenters. The third-order valence-electron chi connectivity index (χ3n) is 2.73. The summed E-state index contributed by atoms with van der Waals surface area (Å²) in [5.41, 5.74) is 1.03. The van der Waals surface area contributed by atoms with Crippen molar-refractivity contribution < 1.29 is 9.53 Å². The molecule has 1 amide bonds. The molecule has 4 nitrogen and oxygen atoms in total. The first-order valence-corrected chi connectivity index (χ1v) is 6.58.